The van der Waals surface area contributed by atoms with Crippen molar-refractivity contribution in [3.8, 4) is 0 Å². The predicted molar refractivity (Wildman–Crippen MR) is 52.0 cm³/mol. The van der Waals surface area contributed by atoms with Gasteiger partial charge in [0.25, 0.3) is 0 Å². The lowest BCUT2D eigenvalue weighted by Crippen LogP contribution is -2.06. The third-order valence-electron chi connectivity index (χ3n) is 1.13. The molecule has 4 nitrogen and oxygen atoms in total. The normalized spacial score (nSPS) is 10.0. The zero-order chi connectivity index (χ0) is 9.68. The summed E-state index contributed by atoms with van der Waals surface area (Å²) in [5.74, 6) is 0.847. The van der Waals surface area contributed by atoms with Gasteiger partial charge in [-0.15, -0.1) is 0 Å². The highest BCUT2D eigenvalue weighted by Gasteiger charge is 2.06. The quantitative estimate of drug-likeness (QED) is 0.566. The fourth-order valence-electron chi connectivity index (χ4n) is 0.660. The lowest BCUT2D eigenvalue weighted by atomic mass is 10.8. The van der Waals surface area contributed by atoms with Gasteiger partial charge in [0.1, 0.15) is 5.82 Å². The highest BCUT2D eigenvalue weighted by molar-refractivity contribution is 8.01. The number of thioether (sulfide) groups is 1. The molecule has 0 aliphatic rings. The number of rotatable bonds is 4. The van der Waals surface area contributed by atoms with Crippen molar-refractivity contribution in [2.24, 2.45) is 0 Å². The lowest BCUT2D eigenvalue weighted by Gasteiger charge is -1.97. The molecule has 0 saturated heterocycles. The second-order valence-electron chi connectivity index (χ2n) is 2.20. The maximum atomic E-state index is 10.9. The van der Waals surface area contributed by atoms with Crippen LogP contribution >= 0.6 is 23.3 Å². The summed E-state index contributed by atoms with van der Waals surface area (Å²) in [6.07, 6.45) is 0. The van der Waals surface area contributed by atoms with Crippen LogP contribution in [0, 0.1) is 6.92 Å². The largest absolute Gasteiger partial charge is 0.465 e. The molecule has 0 saturated carbocycles. The van der Waals surface area contributed by atoms with Crippen LogP contribution in [0.3, 0.4) is 0 Å². The van der Waals surface area contributed by atoms with Gasteiger partial charge in [0, 0.05) is 0 Å². The third kappa shape index (κ3) is 3.73. The van der Waals surface area contributed by atoms with Crippen LogP contribution in [0.1, 0.15) is 12.7 Å². The average Bonchev–Trinajstić information content (AvgIpc) is 2.49. The van der Waals surface area contributed by atoms with Gasteiger partial charge in [0.05, 0.1) is 12.4 Å². The molecule has 0 aliphatic carbocycles. The SMILES string of the molecule is CCOC(=O)CSc1nc(C)ns1. The Balaban J connectivity index is 2.30. The summed E-state index contributed by atoms with van der Waals surface area (Å²) >= 11 is 2.66. The number of carbonyl (C=O) groups excluding carboxylic acids is 1. The van der Waals surface area contributed by atoms with E-state index in [-0.39, 0.29) is 5.97 Å². The van der Waals surface area contributed by atoms with E-state index in [0.29, 0.717) is 12.4 Å². The minimum absolute atomic E-state index is 0.208. The molecule has 0 spiro atoms. The predicted octanol–water partition coefficient (Wildman–Crippen LogP) is 1.50. The zero-order valence-electron chi connectivity index (χ0n) is 7.44. The van der Waals surface area contributed by atoms with Crippen molar-refractivity contribution in [3.05, 3.63) is 5.82 Å². The molecule has 6 heteroatoms. The Hall–Kier alpha value is -0.620. The van der Waals surface area contributed by atoms with Crippen LogP contribution in [0.5, 0.6) is 0 Å². The smallest absolute Gasteiger partial charge is 0.316 e. The average molecular weight is 218 g/mol. The molecule has 1 aromatic rings. The van der Waals surface area contributed by atoms with E-state index in [1.807, 2.05) is 6.92 Å². The van der Waals surface area contributed by atoms with Crippen LogP contribution in [0.25, 0.3) is 0 Å². The molecule has 0 radical (unpaired) electrons. The summed E-state index contributed by atoms with van der Waals surface area (Å²) in [4.78, 5) is 15.0. The maximum Gasteiger partial charge on any atom is 0.316 e. The lowest BCUT2D eigenvalue weighted by molar-refractivity contribution is -0.139. The maximum absolute atomic E-state index is 10.9. The molecular formula is C7H10N2O2S2. The monoisotopic (exact) mass is 218 g/mol. The highest BCUT2D eigenvalue weighted by Crippen LogP contribution is 2.19. The van der Waals surface area contributed by atoms with E-state index in [2.05, 4.69) is 9.36 Å². The van der Waals surface area contributed by atoms with Gasteiger partial charge in [-0.2, -0.15) is 4.37 Å². The number of ether oxygens (including phenoxy) is 1. The van der Waals surface area contributed by atoms with Gasteiger partial charge in [-0.3, -0.25) is 4.79 Å². The molecule has 0 aliphatic heterocycles. The topological polar surface area (TPSA) is 52.1 Å². The molecule has 1 aromatic heterocycles. The van der Waals surface area contributed by atoms with Crippen molar-refractivity contribution in [2.75, 3.05) is 12.4 Å². The van der Waals surface area contributed by atoms with E-state index in [4.69, 9.17) is 4.74 Å². The number of esters is 1. The van der Waals surface area contributed by atoms with Crippen LogP contribution in [0.15, 0.2) is 4.34 Å². The second kappa shape index (κ2) is 5.18. The molecular weight excluding hydrogens is 208 g/mol. The van der Waals surface area contributed by atoms with E-state index < -0.39 is 0 Å². The van der Waals surface area contributed by atoms with Crippen molar-refractivity contribution < 1.29 is 9.53 Å². The molecule has 0 bridgehead atoms. The summed E-state index contributed by atoms with van der Waals surface area (Å²) in [6.45, 7) is 4.04. The summed E-state index contributed by atoms with van der Waals surface area (Å²) in [5.41, 5.74) is 0. The second-order valence-corrected chi connectivity index (χ2v) is 4.18. The Morgan fingerprint density at radius 1 is 1.69 bits per heavy atom. The molecule has 1 heterocycles. The first-order valence-corrected chi connectivity index (χ1v) is 5.57. The van der Waals surface area contributed by atoms with Crippen LogP contribution < -0.4 is 0 Å². The molecule has 0 aromatic carbocycles. The number of aromatic nitrogens is 2. The molecule has 72 valence electrons. The van der Waals surface area contributed by atoms with Gasteiger partial charge < -0.3 is 4.74 Å². The van der Waals surface area contributed by atoms with Gasteiger partial charge in [0.15, 0.2) is 4.34 Å². The molecule has 0 amide bonds. The van der Waals surface area contributed by atoms with Gasteiger partial charge in [0.2, 0.25) is 0 Å². The third-order valence-corrected chi connectivity index (χ3v) is 3.03. The molecule has 0 atom stereocenters. The van der Waals surface area contributed by atoms with Crippen molar-refractivity contribution in [2.45, 2.75) is 18.2 Å². The van der Waals surface area contributed by atoms with Crippen LogP contribution in [-0.4, -0.2) is 27.7 Å². The molecule has 0 fully saturated rings. The standard InChI is InChI=1S/C7H10N2O2S2/c1-3-11-6(10)4-12-7-8-5(2)9-13-7/h3-4H2,1-2H3. The Kier molecular flexibility index (Phi) is 4.17. The van der Waals surface area contributed by atoms with Crippen LogP contribution in [0.2, 0.25) is 0 Å². The Morgan fingerprint density at radius 2 is 2.46 bits per heavy atom. The van der Waals surface area contributed by atoms with Crippen molar-refractivity contribution >= 4 is 29.3 Å². The van der Waals surface area contributed by atoms with Crippen molar-refractivity contribution in [1.29, 1.82) is 0 Å². The summed E-state index contributed by atoms with van der Waals surface area (Å²) < 4.78 is 9.58. The van der Waals surface area contributed by atoms with Crippen molar-refractivity contribution in [1.82, 2.24) is 9.36 Å². The van der Waals surface area contributed by atoms with Gasteiger partial charge in [-0.25, -0.2) is 4.98 Å². The molecule has 1 rings (SSSR count). The first-order chi connectivity index (χ1) is 6.22. The number of hydrogen-bond acceptors (Lipinski definition) is 6. The van der Waals surface area contributed by atoms with Gasteiger partial charge >= 0.3 is 5.97 Å². The van der Waals surface area contributed by atoms with E-state index >= 15 is 0 Å². The summed E-state index contributed by atoms with van der Waals surface area (Å²) in [7, 11) is 0. The fraction of sp³-hybridized carbons (Fsp3) is 0.571. The van der Waals surface area contributed by atoms with Crippen molar-refractivity contribution in [3.63, 3.8) is 0 Å². The number of hydrogen-bond donors (Lipinski definition) is 0. The minimum Gasteiger partial charge on any atom is -0.465 e. The van der Waals surface area contributed by atoms with E-state index in [0.717, 1.165) is 10.2 Å². The van der Waals surface area contributed by atoms with Gasteiger partial charge in [-0.1, -0.05) is 11.8 Å². The molecule has 13 heavy (non-hydrogen) atoms. The van der Waals surface area contributed by atoms with E-state index in [1.54, 1.807) is 6.92 Å². The number of aryl methyl sites for hydroxylation is 1. The number of nitrogens with zero attached hydrogens (tertiary/aromatic N) is 2. The number of carbonyl (C=O) groups is 1. The van der Waals surface area contributed by atoms with Crippen LogP contribution in [0.4, 0.5) is 0 Å². The first kappa shape index (κ1) is 10.5. The zero-order valence-corrected chi connectivity index (χ0v) is 9.07. The summed E-state index contributed by atoms with van der Waals surface area (Å²) in [6, 6.07) is 0. The Bertz CT molecular complexity index is 288. The van der Waals surface area contributed by atoms with Gasteiger partial charge in [-0.05, 0) is 25.4 Å². The first-order valence-electron chi connectivity index (χ1n) is 3.81. The molecule has 0 N–H and O–H groups in total. The minimum atomic E-state index is -0.208. The van der Waals surface area contributed by atoms with Crippen LogP contribution in [-0.2, 0) is 9.53 Å². The fourth-order valence-corrected chi connectivity index (χ4v) is 2.10. The Morgan fingerprint density at radius 3 is 3.00 bits per heavy atom. The summed E-state index contributed by atoms with van der Waals surface area (Å²) in [5, 5.41) is 0. The molecule has 0 unspecified atom stereocenters. The van der Waals surface area contributed by atoms with E-state index in [9.17, 15) is 4.79 Å². The van der Waals surface area contributed by atoms with E-state index in [1.165, 1.54) is 23.3 Å². The Labute approximate surface area is 84.9 Å². The highest BCUT2D eigenvalue weighted by atomic mass is 32.2.